The largest absolute Gasteiger partial charge is 0.480 e. The van der Waals surface area contributed by atoms with Gasteiger partial charge >= 0.3 is 5.97 Å². The maximum Gasteiger partial charge on any atom is 0.325 e. The van der Waals surface area contributed by atoms with Crippen LogP contribution in [0.1, 0.15) is 11.6 Å². The van der Waals surface area contributed by atoms with Crippen molar-refractivity contribution in [2.24, 2.45) is 0 Å². The number of nitrogens with zero attached hydrogens (tertiary/aromatic N) is 1. The molecule has 0 bridgehead atoms. The number of benzene rings is 1. The van der Waals surface area contributed by atoms with E-state index in [2.05, 4.69) is 0 Å². The van der Waals surface area contributed by atoms with Gasteiger partial charge in [0, 0.05) is 23.1 Å². The van der Waals surface area contributed by atoms with E-state index in [1.165, 1.54) is 0 Å². The van der Waals surface area contributed by atoms with Gasteiger partial charge in [-0.2, -0.15) is 0 Å². The van der Waals surface area contributed by atoms with Crippen LogP contribution in [-0.4, -0.2) is 42.3 Å². The van der Waals surface area contributed by atoms with Crippen molar-refractivity contribution in [2.75, 3.05) is 26.3 Å². The van der Waals surface area contributed by atoms with E-state index >= 15 is 0 Å². The van der Waals surface area contributed by atoms with Gasteiger partial charge < -0.3 is 9.84 Å². The minimum atomic E-state index is -0.916. The van der Waals surface area contributed by atoms with E-state index in [0.29, 0.717) is 41.9 Å². The smallest absolute Gasteiger partial charge is 0.325 e. The zero-order valence-electron chi connectivity index (χ0n) is 9.60. The van der Waals surface area contributed by atoms with E-state index < -0.39 is 12.0 Å². The summed E-state index contributed by atoms with van der Waals surface area (Å²) >= 11 is 11.9. The van der Waals surface area contributed by atoms with E-state index in [-0.39, 0.29) is 0 Å². The van der Waals surface area contributed by atoms with Gasteiger partial charge in [0.1, 0.15) is 6.04 Å². The molecule has 1 heterocycles. The van der Waals surface area contributed by atoms with E-state index in [1.54, 1.807) is 18.2 Å². The number of carbonyl (C=O) groups is 1. The quantitative estimate of drug-likeness (QED) is 0.929. The molecule has 2 rings (SSSR count). The molecule has 18 heavy (non-hydrogen) atoms. The van der Waals surface area contributed by atoms with Crippen LogP contribution in [0.25, 0.3) is 0 Å². The van der Waals surface area contributed by atoms with Crippen molar-refractivity contribution in [1.29, 1.82) is 0 Å². The summed E-state index contributed by atoms with van der Waals surface area (Å²) in [5.41, 5.74) is 0.565. The first kappa shape index (κ1) is 13.6. The molecule has 1 aliphatic heterocycles. The summed E-state index contributed by atoms with van der Waals surface area (Å²) in [4.78, 5) is 13.3. The van der Waals surface area contributed by atoms with Gasteiger partial charge in [0.25, 0.3) is 0 Å². The lowest BCUT2D eigenvalue weighted by Crippen LogP contribution is -2.42. The van der Waals surface area contributed by atoms with Crippen molar-refractivity contribution in [3.63, 3.8) is 0 Å². The van der Waals surface area contributed by atoms with Crippen molar-refractivity contribution in [3.8, 4) is 0 Å². The van der Waals surface area contributed by atoms with Gasteiger partial charge in [-0.3, -0.25) is 9.69 Å². The SMILES string of the molecule is O=C(O)[C@@H](c1ccc(Cl)cc1Cl)N1CCOCC1. The molecule has 0 unspecified atom stereocenters. The highest BCUT2D eigenvalue weighted by molar-refractivity contribution is 6.35. The molecular weight excluding hydrogens is 277 g/mol. The van der Waals surface area contributed by atoms with Crippen molar-refractivity contribution in [2.45, 2.75) is 6.04 Å². The van der Waals surface area contributed by atoms with Gasteiger partial charge in [0.05, 0.1) is 13.2 Å². The second-order valence-electron chi connectivity index (χ2n) is 4.05. The van der Waals surface area contributed by atoms with Gasteiger partial charge in [-0.1, -0.05) is 29.3 Å². The third-order valence-electron chi connectivity index (χ3n) is 2.90. The topological polar surface area (TPSA) is 49.8 Å². The summed E-state index contributed by atoms with van der Waals surface area (Å²) in [5.74, 6) is -0.916. The molecule has 0 saturated carbocycles. The average Bonchev–Trinajstić information content (AvgIpc) is 2.33. The third-order valence-corrected chi connectivity index (χ3v) is 3.46. The molecule has 1 fully saturated rings. The van der Waals surface area contributed by atoms with Crippen LogP contribution in [0.4, 0.5) is 0 Å². The number of aliphatic carboxylic acids is 1. The zero-order valence-corrected chi connectivity index (χ0v) is 11.1. The summed E-state index contributed by atoms with van der Waals surface area (Å²) in [7, 11) is 0. The highest BCUT2D eigenvalue weighted by Crippen LogP contribution is 2.30. The Kier molecular flexibility index (Phi) is 4.45. The van der Waals surface area contributed by atoms with Crippen LogP contribution < -0.4 is 0 Å². The molecule has 1 aliphatic rings. The number of ether oxygens (including phenoxy) is 1. The maximum absolute atomic E-state index is 11.5. The zero-order chi connectivity index (χ0) is 13.1. The minimum absolute atomic E-state index is 0.376. The Morgan fingerprint density at radius 1 is 1.33 bits per heavy atom. The molecule has 1 aromatic rings. The molecule has 0 aliphatic carbocycles. The number of hydrogen-bond acceptors (Lipinski definition) is 3. The Morgan fingerprint density at radius 2 is 2.00 bits per heavy atom. The fourth-order valence-corrected chi connectivity index (χ4v) is 2.56. The minimum Gasteiger partial charge on any atom is -0.480 e. The fourth-order valence-electron chi connectivity index (χ4n) is 2.04. The number of rotatable bonds is 3. The summed E-state index contributed by atoms with van der Waals surface area (Å²) in [5, 5.41) is 10.3. The molecule has 0 amide bonds. The molecule has 1 saturated heterocycles. The van der Waals surface area contributed by atoms with Crippen molar-refractivity contribution >= 4 is 29.2 Å². The Morgan fingerprint density at radius 3 is 2.56 bits per heavy atom. The number of halogens is 2. The Bertz CT molecular complexity index is 447. The Balaban J connectivity index is 2.31. The molecular formula is C12H13Cl2NO3. The molecule has 1 atom stereocenters. The summed E-state index contributed by atoms with van der Waals surface area (Å²) in [6, 6.07) is 4.13. The number of carboxylic acid groups (broad SMARTS) is 1. The lowest BCUT2D eigenvalue weighted by atomic mass is 10.0. The predicted molar refractivity (Wildman–Crippen MR) is 69.2 cm³/mol. The predicted octanol–water partition coefficient (Wildman–Crippen LogP) is 2.45. The third kappa shape index (κ3) is 2.95. The highest BCUT2D eigenvalue weighted by atomic mass is 35.5. The van der Waals surface area contributed by atoms with Gasteiger partial charge in [-0.15, -0.1) is 0 Å². The van der Waals surface area contributed by atoms with E-state index in [1.807, 2.05) is 4.90 Å². The van der Waals surface area contributed by atoms with Crippen LogP contribution in [0.2, 0.25) is 10.0 Å². The second kappa shape index (κ2) is 5.89. The van der Waals surface area contributed by atoms with Gasteiger partial charge in [0.15, 0.2) is 0 Å². The summed E-state index contributed by atoms with van der Waals surface area (Å²) in [6.07, 6.45) is 0. The lowest BCUT2D eigenvalue weighted by Gasteiger charge is -2.32. The molecule has 6 heteroatoms. The molecule has 0 spiro atoms. The van der Waals surface area contributed by atoms with Crippen LogP contribution >= 0.6 is 23.2 Å². The first-order valence-corrected chi connectivity index (χ1v) is 6.35. The van der Waals surface area contributed by atoms with Crippen molar-refractivity contribution in [3.05, 3.63) is 33.8 Å². The summed E-state index contributed by atoms with van der Waals surface area (Å²) in [6.45, 7) is 2.23. The first-order chi connectivity index (χ1) is 8.59. The van der Waals surface area contributed by atoms with Crippen LogP contribution in [-0.2, 0) is 9.53 Å². The van der Waals surface area contributed by atoms with Crippen molar-refractivity contribution < 1.29 is 14.6 Å². The molecule has 1 N–H and O–H groups in total. The van der Waals surface area contributed by atoms with Crippen LogP contribution in [0.15, 0.2) is 18.2 Å². The molecule has 0 aromatic heterocycles. The fraction of sp³-hybridized carbons (Fsp3) is 0.417. The normalized spacial score (nSPS) is 18.6. The number of morpholine rings is 1. The number of carboxylic acids is 1. The number of hydrogen-bond donors (Lipinski definition) is 1. The Labute approximate surface area is 115 Å². The van der Waals surface area contributed by atoms with Crippen LogP contribution in [0.5, 0.6) is 0 Å². The van der Waals surface area contributed by atoms with E-state index in [9.17, 15) is 9.90 Å². The highest BCUT2D eigenvalue weighted by Gasteiger charge is 2.30. The van der Waals surface area contributed by atoms with Crippen LogP contribution in [0.3, 0.4) is 0 Å². The van der Waals surface area contributed by atoms with Gasteiger partial charge in [-0.05, 0) is 17.7 Å². The molecule has 1 aromatic carbocycles. The van der Waals surface area contributed by atoms with E-state index in [4.69, 9.17) is 27.9 Å². The Hall–Kier alpha value is -0.810. The standard InChI is InChI=1S/C12H13Cl2NO3/c13-8-1-2-9(10(14)7-8)11(12(16)17)15-3-5-18-6-4-15/h1-2,7,11H,3-6H2,(H,16,17)/t11-/m1/s1. The molecule has 98 valence electrons. The first-order valence-electron chi connectivity index (χ1n) is 5.59. The molecule has 4 nitrogen and oxygen atoms in total. The van der Waals surface area contributed by atoms with Gasteiger partial charge in [-0.25, -0.2) is 0 Å². The van der Waals surface area contributed by atoms with Crippen LogP contribution in [0, 0.1) is 0 Å². The average molecular weight is 290 g/mol. The second-order valence-corrected chi connectivity index (χ2v) is 4.90. The molecule has 0 radical (unpaired) electrons. The lowest BCUT2D eigenvalue weighted by molar-refractivity contribution is -0.145. The van der Waals surface area contributed by atoms with Crippen molar-refractivity contribution in [1.82, 2.24) is 4.90 Å². The van der Waals surface area contributed by atoms with E-state index in [0.717, 1.165) is 0 Å². The monoisotopic (exact) mass is 289 g/mol. The summed E-state index contributed by atoms with van der Waals surface area (Å²) < 4.78 is 5.23. The maximum atomic E-state index is 11.5. The van der Waals surface area contributed by atoms with Gasteiger partial charge in [0.2, 0.25) is 0 Å².